The summed E-state index contributed by atoms with van der Waals surface area (Å²) in [6.45, 7) is 42.4. The van der Waals surface area contributed by atoms with Gasteiger partial charge in [0.2, 0.25) is 0 Å². The average molecular weight is 1170 g/mol. The van der Waals surface area contributed by atoms with Crippen LogP contribution in [0.15, 0.2) is 33.2 Å². The number of halogens is 2. The SMILES string of the molecule is C.CC1(C)OB(B2OC(C)(C)C(C)(C)O2)OC1(C)C.CCCCCCc1cc(B2OC(C)(C)C(C)(C)O2)c(CCCCCC)cc1B1OC(C)(C)C(C)(C)O1.CCCCCCc1cc(Br)c(CCCCCC)cc1Br. The number of hydrogen-bond acceptors (Lipinski definition) is 8. The molecule has 4 heterocycles. The van der Waals surface area contributed by atoms with Crippen LogP contribution in [-0.2, 0) is 62.9 Å². The van der Waals surface area contributed by atoms with Crippen molar-refractivity contribution in [2.24, 2.45) is 0 Å². The highest BCUT2D eigenvalue weighted by atomic mass is 79.9. The fraction of sp³-hybridized carbons (Fsp3) is 0.803. The Kier molecular flexibility index (Phi) is 26.4. The number of aryl methyl sites for hydroxylation is 4. The molecule has 0 saturated carbocycles. The highest BCUT2D eigenvalue weighted by molar-refractivity contribution is 9.11. The first-order valence-corrected chi connectivity index (χ1v) is 30.9. The number of hydrogen-bond donors (Lipinski definition) is 0. The molecule has 4 saturated heterocycles. The third kappa shape index (κ3) is 18.2. The van der Waals surface area contributed by atoms with Crippen LogP contribution >= 0.6 is 31.9 Å². The number of rotatable bonds is 23. The minimum Gasteiger partial charge on any atom is -0.405 e. The molecule has 75 heavy (non-hydrogen) atoms. The summed E-state index contributed by atoms with van der Waals surface area (Å²) in [5.74, 6) is 0. The summed E-state index contributed by atoms with van der Waals surface area (Å²) >= 11 is 7.50. The average Bonchev–Trinajstić information content (AvgIpc) is 3.85. The van der Waals surface area contributed by atoms with Gasteiger partial charge in [-0.25, -0.2) is 0 Å². The zero-order valence-corrected chi connectivity index (χ0v) is 54.0. The van der Waals surface area contributed by atoms with E-state index in [1.807, 2.05) is 55.4 Å². The largest absolute Gasteiger partial charge is 0.495 e. The Labute approximate surface area is 480 Å². The quantitative estimate of drug-likeness (QED) is 0.0805. The van der Waals surface area contributed by atoms with Gasteiger partial charge in [-0.1, -0.05) is 156 Å². The minimum absolute atomic E-state index is 0. The Hall–Kier alpha value is -0.660. The monoisotopic (exact) mass is 1170 g/mol. The van der Waals surface area contributed by atoms with Crippen LogP contribution in [0, 0.1) is 0 Å². The summed E-state index contributed by atoms with van der Waals surface area (Å²) < 4.78 is 52.7. The lowest BCUT2D eigenvalue weighted by Gasteiger charge is -2.32. The minimum atomic E-state index is -0.476. The Morgan fingerprint density at radius 1 is 0.307 bits per heavy atom. The van der Waals surface area contributed by atoms with Crippen molar-refractivity contribution < 1.29 is 37.2 Å². The molecule has 6 rings (SSSR count). The second-order valence-corrected chi connectivity index (χ2v) is 27.7. The zero-order chi connectivity index (χ0) is 55.6. The second kappa shape index (κ2) is 28.8. The van der Waals surface area contributed by atoms with Crippen molar-refractivity contribution in [2.75, 3.05) is 0 Å². The lowest BCUT2D eigenvalue weighted by molar-refractivity contribution is 0.00578. The van der Waals surface area contributed by atoms with Crippen molar-refractivity contribution in [1.82, 2.24) is 0 Å². The van der Waals surface area contributed by atoms with Crippen LogP contribution in [0.2, 0.25) is 0 Å². The first-order chi connectivity index (χ1) is 34.3. The van der Waals surface area contributed by atoms with E-state index in [-0.39, 0.29) is 66.5 Å². The van der Waals surface area contributed by atoms with Crippen molar-refractivity contribution >= 4 is 71.0 Å². The molecule has 426 valence electrons. The van der Waals surface area contributed by atoms with Gasteiger partial charge in [0.25, 0.3) is 0 Å². The second-order valence-electron chi connectivity index (χ2n) is 26.0. The third-order valence-electron chi connectivity index (χ3n) is 17.6. The van der Waals surface area contributed by atoms with Crippen molar-refractivity contribution in [3.05, 3.63) is 55.5 Å². The molecule has 4 aliphatic heterocycles. The van der Waals surface area contributed by atoms with Gasteiger partial charge in [0.05, 0.1) is 44.8 Å². The van der Waals surface area contributed by atoms with Gasteiger partial charge in [-0.2, -0.15) is 0 Å². The van der Waals surface area contributed by atoms with Crippen LogP contribution in [0.4, 0.5) is 0 Å². The Morgan fingerprint density at radius 2 is 0.520 bits per heavy atom. The Morgan fingerprint density at radius 3 is 0.747 bits per heavy atom. The summed E-state index contributed by atoms with van der Waals surface area (Å²) in [6, 6.07) is 9.38. The van der Waals surface area contributed by atoms with Crippen molar-refractivity contribution in [2.45, 2.75) is 319 Å². The van der Waals surface area contributed by atoms with E-state index < -0.39 is 14.0 Å². The zero-order valence-electron chi connectivity index (χ0n) is 50.8. The summed E-state index contributed by atoms with van der Waals surface area (Å²) in [4.78, 5) is 0. The molecular formula is C61H108B4Br2O8. The van der Waals surface area contributed by atoms with Crippen LogP contribution < -0.4 is 10.9 Å². The number of unbranched alkanes of at least 4 members (excludes halogenated alkanes) is 12. The fourth-order valence-electron chi connectivity index (χ4n) is 9.52. The van der Waals surface area contributed by atoms with E-state index in [9.17, 15) is 0 Å². The highest BCUT2D eigenvalue weighted by Gasteiger charge is 2.64. The third-order valence-corrected chi connectivity index (χ3v) is 19.1. The smallest absolute Gasteiger partial charge is 0.405 e. The van der Waals surface area contributed by atoms with Gasteiger partial charge in [0, 0.05) is 8.95 Å². The molecule has 14 heteroatoms. The molecular weight excluding hydrogens is 1060 g/mol. The first kappa shape index (κ1) is 68.6. The van der Waals surface area contributed by atoms with E-state index in [0.29, 0.717) is 0 Å². The molecule has 0 bridgehead atoms. The maximum absolute atomic E-state index is 6.56. The molecule has 0 aromatic heterocycles. The molecule has 0 N–H and O–H groups in total. The lowest BCUT2D eigenvalue weighted by Crippen LogP contribution is -2.43. The van der Waals surface area contributed by atoms with Gasteiger partial charge in [-0.05, 0) is 207 Å². The predicted octanol–water partition coefficient (Wildman–Crippen LogP) is 16.9. The van der Waals surface area contributed by atoms with Gasteiger partial charge >= 0.3 is 28.3 Å². The van der Waals surface area contributed by atoms with Crippen LogP contribution in [0.3, 0.4) is 0 Å². The Balaban J connectivity index is 0.000000322. The predicted molar refractivity (Wildman–Crippen MR) is 330 cm³/mol. The molecule has 4 fully saturated rings. The molecule has 2 aromatic carbocycles. The van der Waals surface area contributed by atoms with E-state index in [1.165, 1.54) is 158 Å². The van der Waals surface area contributed by atoms with Crippen LogP contribution in [0.5, 0.6) is 0 Å². The van der Waals surface area contributed by atoms with E-state index >= 15 is 0 Å². The molecule has 4 aliphatic rings. The molecule has 0 radical (unpaired) electrons. The molecule has 8 nitrogen and oxygen atoms in total. The standard InChI is InChI=1S/C30H52B2O4.C18H28Br2.C12H24B2O4.CH4/c1-11-13-15-17-19-23-21-26(32-35-29(7,8)30(9,10)36-32)24(20-18-16-14-12-2)22-25(23)31-33-27(3,4)28(5,6)34-31;1-3-5-7-9-11-15-13-18(20)16(14-17(15)19)12-10-8-6-4-2;1-9(2)10(3,4)16-13(15-9)14-17-11(5,6)12(7,8)18-14;/h21-22H,11-20H2,1-10H3;13-14H,3-12H2,1-2H3;1-8H3;1H4. The molecule has 0 amide bonds. The van der Waals surface area contributed by atoms with Crippen LogP contribution in [0.1, 0.15) is 271 Å². The number of benzene rings is 2. The van der Waals surface area contributed by atoms with E-state index in [1.54, 1.807) is 0 Å². The normalized spacial score (nSPS) is 21.1. The van der Waals surface area contributed by atoms with Gasteiger partial charge in [0.1, 0.15) is 0 Å². The molecule has 0 aliphatic carbocycles. The van der Waals surface area contributed by atoms with Crippen molar-refractivity contribution in [3.8, 4) is 0 Å². The molecule has 0 unspecified atom stereocenters. The maximum atomic E-state index is 6.56. The van der Waals surface area contributed by atoms with Gasteiger partial charge in [0.15, 0.2) is 0 Å². The van der Waals surface area contributed by atoms with Crippen LogP contribution in [-0.4, -0.2) is 73.1 Å². The summed E-state index contributed by atoms with van der Waals surface area (Å²) in [5, 5.41) is 0. The molecule has 0 spiro atoms. The van der Waals surface area contributed by atoms with E-state index in [0.717, 1.165) is 12.8 Å². The van der Waals surface area contributed by atoms with Gasteiger partial charge < -0.3 is 37.2 Å². The van der Waals surface area contributed by atoms with Crippen molar-refractivity contribution in [1.29, 1.82) is 0 Å². The van der Waals surface area contributed by atoms with Gasteiger partial charge in [-0.15, -0.1) is 0 Å². The van der Waals surface area contributed by atoms with Crippen molar-refractivity contribution in [3.63, 3.8) is 0 Å². The molecule has 2 aromatic rings. The van der Waals surface area contributed by atoms with E-state index in [2.05, 4.69) is 139 Å². The summed E-state index contributed by atoms with van der Waals surface area (Å²) in [5.41, 5.74) is 5.03. The highest BCUT2D eigenvalue weighted by Crippen LogP contribution is 2.44. The maximum Gasteiger partial charge on any atom is 0.495 e. The fourth-order valence-corrected chi connectivity index (χ4v) is 10.7. The Bertz CT molecular complexity index is 1850. The van der Waals surface area contributed by atoms with Gasteiger partial charge in [-0.3, -0.25) is 0 Å². The van der Waals surface area contributed by atoms with Crippen LogP contribution in [0.25, 0.3) is 0 Å². The summed E-state index contributed by atoms with van der Waals surface area (Å²) in [7, 11) is -1.65. The lowest BCUT2D eigenvalue weighted by atomic mass is 9.49. The summed E-state index contributed by atoms with van der Waals surface area (Å²) in [6.07, 6.45) is 24.9. The topological polar surface area (TPSA) is 73.8 Å². The first-order valence-electron chi connectivity index (χ1n) is 29.4. The molecule has 0 atom stereocenters. The van der Waals surface area contributed by atoms with E-state index in [4.69, 9.17) is 37.2 Å².